The monoisotopic (exact) mass is 955 g/mol. The Morgan fingerprint density at radius 1 is 0.304 bits per heavy atom. The van der Waals surface area contributed by atoms with Gasteiger partial charge in [0.1, 0.15) is 13.2 Å². The summed E-state index contributed by atoms with van der Waals surface area (Å²) in [5.41, 5.74) is 0. The summed E-state index contributed by atoms with van der Waals surface area (Å²) < 4.78 is 16.8. The maximum absolute atomic E-state index is 12.8. The number of unbranched alkanes of at least 4 members (excludes halogenated alkanes) is 18. The molecule has 6 heteroatoms. The SMILES string of the molecule is CC/C=C\C/C=C\C/C=C\C/C=C\CCCCCCC(=O)OC[C@H](COC(=O)CC/C=C\C/C=C\C/C=C\C/C=C\C/C=C\CCCCC)OC(=O)CCCCCCCCC/C=C\CCCCCC. The van der Waals surface area contributed by atoms with Crippen LogP contribution in [-0.2, 0) is 28.6 Å². The highest BCUT2D eigenvalue weighted by atomic mass is 16.6. The fourth-order valence-electron chi connectivity index (χ4n) is 7.23. The van der Waals surface area contributed by atoms with Crippen molar-refractivity contribution >= 4 is 17.9 Å². The van der Waals surface area contributed by atoms with Crippen molar-refractivity contribution in [3.05, 3.63) is 122 Å². The van der Waals surface area contributed by atoms with Gasteiger partial charge in [-0.1, -0.05) is 219 Å². The summed E-state index contributed by atoms with van der Waals surface area (Å²) in [6.07, 6.45) is 77.6. The number of rotatable bonds is 49. The van der Waals surface area contributed by atoms with E-state index >= 15 is 0 Å². The number of esters is 3. The van der Waals surface area contributed by atoms with Crippen LogP contribution in [-0.4, -0.2) is 37.2 Å². The van der Waals surface area contributed by atoms with Crippen LogP contribution in [0.2, 0.25) is 0 Å². The Morgan fingerprint density at radius 3 is 1.01 bits per heavy atom. The van der Waals surface area contributed by atoms with Gasteiger partial charge in [0, 0.05) is 19.3 Å². The molecule has 0 unspecified atom stereocenters. The van der Waals surface area contributed by atoms with Gasteiger partial charge >= 0.3 is 17.9 Å². The van der Waals surface area contributed by atoms with Gasteiger partial charge in [-0.3, -0.25) is 14.4 Å². The first-order valence-electron chi connectivity index (χ1n) is 28.0. The molecular weight excluding hydrogens is 853 g/mol. The van der Waals surface area contributed by atoms with Crippen molar-refractivity contribution in [1.29, 1.82) is 0 Å². The van der Waals surface area contributed by atoms with E-state index in [1.807, 2.05) is 6.08 Å². The van der Waals surface area contributed by atoms with Crippen molar-refractivity contribution in [3.63, 3.8) is 0 Å². The van der Waals surface area contributed by atoms with E-state index in [2.05, 4.69) is 136 Å². The molecule has 0 spiro atoms. The van der Waals surface area contributed by atoms with Crippen molar-refractivity contribution in [2.75, 3.05) is 13.2 Å². The number of hydrogen-bond donors (Lipinski definition) is 0. The number of hydrogen-bond acceptors (Lipinski definition) is 6. The molecule has 0 heterocycles. The van der Waals surface area contributed by atoms with E-state index in [9.17, 15) is 14.4 Å². The molecule has 0 N–H and O–H groups in total. The number of allylic oxidation sites excluding steroid dienone is 20. The maximum atomic E-state index is 12.8. The van der Waals surface area contributed by atoms with E-state index in [1.165, 1.54) is 89.9 Å². The van der Waals surface area contributed by atoms with Gasteiger partial charge in [0.15, 0.2) is 6.10 Å². The van der Waals surface area contributed by atoms with E-state index < -0.39 is 6.10 Å². The molecule has 0 rings (SSSR count). The van der Waals surface area contributed by atoms with Crippen LogP contribution in [0, 0.1) is 0 Å². The minimum absolute atomic E-state index is 0.118. The van der Waals surface area contributed by atoms with Crippen LogP contribution in [0.3, 0.4) is 0 Å². The predicted molar refractivity (Wildman–Crippen MR) is 297 cm³/mol. The van der Waals surface area contributed by atoms with E-state index in [4.69, 9.17) is 14.2 Å². The molecule has 0 aromatic carbocycles. The van der Waals surface area contributed by atoms with Gasteiger partial charge in [-0.15, -0.1) is 0 Å². The Bertz CT molecular complexity index is 1470. The summed E-state index contributed by atoms with van der Waals surface area (Å²) in [6.45, 7) is 6.39. The minimum Gasteiger partial charge on any atom is -0.462 e. The van der Waals surface area contributed by atoms with Gasteiger partial charge in [-0.25, -0.2) is 0 Å². The standard InChI is InChI=1S/C63H102O6/c1-4-7-10-13-16-19-22-25-28-30-31-33-36-38-41-44-47-50-53-56-62(65)68-59-60(69-63(66)57-54-51-48-45-42-39-34-27-24-21-18-15-12-9-6-3)58-67-61(64)55-52-49-46-43-40-37-35-32-29-26-23-20-17-14-11-8-5-2/h8,11,16-17,19-21,24-26,28-29,31,33,35,37-38,41,47,50,60H,4-7,9-10,12-15,18,22-23,27,30,32,34,36,39-40,42-46,48-49,51-59H2,1-3H3/b11-8-,19-16-,20-17-,24-21-,28-25-,29-26-,33-31-,37-35-,41-38-,50-47-/t60-/m1/s1. The van der Waals surface area contributed by atoms with Crippen LogP contribution in [0.15, 0.2) is 122 Å². The fraction of sp³-hybridized carbons (Fsp3) is 0.635. The molecule has 0 aliphatic rings. The fourth-order valence-corrected chi connectivity index (χ4v) is 7.23. The lowest BCUT2D eigenvalue weighted by atomic mass is 10.1. The van der Waals surface area contributed by atoms with Crippen LogP contribution >= 0.6 is 0 Å². The van der Waals surface area contributed by atoms with Crippen molar-refractivity contribution in [1.82, 2.24) is 0 Å². The third kappa shape index (κ3) is 54.6. The van der Waals surface area contributed by atoms with E-state index in [1.54, 1.807) is 0 Å². The second-order valence-corrected chi connectivity index (χ2v) is 18.1. The molecule has 1 atom stereocenters. The van der Waals surface area contributed by atoms with Gasteiger partial charge in [-0.05, 0) is 122 Å². The van der Waals surface area contributed by atoms with Gasteiger partial charge < -0.3 is 14.2 Å². The molecule has 0 bridgehead atoms. The second-order valence-electron chi connectivity index (χ2n) is 18.1. The summed E-state index contributed by atoms with van der Waals surface area (Å²) in [6, 6.07) is 0. The van der Waals surface area contributed by atoms with Gasteiger partial charge in [-0.2, -0.15) is 0 Å². The Kier molecular flexibility index (Phi) is 53.0. The molecule has 0 radical (unpaired) electrons. The summed E-state index contributed by atoms with van der Waals surface area (Å²) in [5.74, 6) is -1.03. The zero-order valence-corrected chi connectivity index (χ0v) is 44.5. The largest absolute Gasteiger partial charge is 0.462 e. The number of carbonyl (C=O) groups excluding carboxylic acids is 3. The molecule has 0 aliphatic carbocycles. The number of carbonyl (C=O) groups is 3. The molecule has 0 aromatic rings. The highest BCUT2D eigenvalue weighted by Gasteiger charge is 2.19. The van der Waals surface area contributed by atoms with Gasteiger partial charge in [0.05, 0.1) is 0 Å². The van der Waals surface area contributed by atoms with Crippen LogP contribution in [0.4, 0.5) is 0 Å². The summed E-state index contributed by atoms with van der Waals surface area (Å²) in [4.78, 5) is 38.1. The molecule has 0 fully saturated rings. The lowest BCUT2D eigenvalue weighted by molar-refractivity contribution is -0.166. The van der Waals surface area contributed by atoms with Crippen molar-refractivity contribution in [2.45, 2.75) is 245 Å². The third-order valence-corrected chi connectivity index (χ3v) is 11.4. The Morgan fingerprint density at radius 2 is 0.594 bits per heavy atom. The first-order chi connectivity index (χ1) is 34.0. The third-order valence-electron chi connectivity index (χ3n) is 11.4. The quantitative estimate of drug-likeness (QED) is 0.0262. The zero-order valence-electron chi connectivity index (χ0n) is 44.5. The van der Waals surface area contributed by atoms with E-state index in [0.29, 0.717) is 19.3 Å². The molecule has 6 nitrogen and oxygen atoms in total. The minimum atomic E-state index is -0.824. The summed E-state index contributed by atoms with van der Waals surface area (Å²) in [7, 11) is 0. The molecule has 0 saturated heterocycles. The molecule has 0 saturated carbocycles. The molecule has 69 heavy (non-hydrogen) atoms. The summed E-state index contributed by atoms with van der Waals surface area (Å²) in [5, 5.41) is 0. The van der Waals surface area contributed by atoms with Gasteiger partial charge in [0.2, 0.25) is 0 Å². The van der Waals surface area contributed by atoms with Crippen LogP contribution in [0.1, 0.15) is 239 Å². The average Bonchev–Trinajstić information content (AvgIpc) is 3.35. The Balaban J connectivity index is 4.56. The molecule has 390 valence electrons. The first kappa shape index (κ1) is 64.8. The van der Waals surface area contributed by atoms with Crippen LogP contribution in [0.5, 0.6) is 0 Å². The predicted octanol–water partition coefficient (Wildman–Crippen LogP) is 18.9. The molecule has 0 aliphatic heterocycles. The Hall–Kier alpha value is -4.19. The Labute approximate surface area is 424 Å². The average molecular weight is 956 g/mol. The highest BCUT2D eigenvalue weighted by Crippen LogP contribution is 2.13. The van der Waals surface area contributed by atoms with Gasteiger partial charge in [0.25, 0.3) is 0 Å². The number of ether oxygens (including phenoxy) is 3. The smallest absolute Gasteiger partial charge is 0.306 e. The lowest BCUT2D eigenvalue weighted by Crippen LogP contribution is -2.30. The molecule has 0 aromatic heterocycles. The molecular formula is C63H102O6. The normalized spacial score (nSPS) is 13.0. The first-order valence-corrected chi connectivity index (χ1v) is 28.0. The lowest BCUT2D eigenvalue weighted by Gasteiger charge is -2.18. The highest BCUT2D eigenvalue weighted by molar-refractivity contribution is 5.71. The molecule has 0 amide bonds. The topological polar surface area (TPSA) is 78.9 Å². The maximum Gasteiger partial charge on any atom is 0.306 e. The van der Waals surface area contributed by atoms with E-state index in [0.717, 1.165) is 103 Å². The van der Waals surface area contributed by atoms with Crippen LogP contribution in [0.25, 0.3) is 0 Å². The second kappa shape index (κ2) is 56.4. The van der Waals surface area contributed by atoms with Crippen molar-refractivity contribution < 1.29 is 28.6 Å². The zero-order chi connectivity index (χ0) is 50.0. The van der Waals surface area contributed by atoms with Crippen molar-refractivity contribution in [2.24, 2.45) is 0 Å². The summed E-state index contributed by atoms with van der Waals surface area (Å²) >= 11 is 0. The van der Waals surface area contributed by atoms with Crippen molar-refractivity contribution in [3.8, 4) is 0 Å². The van der Waals surface area contributed by atoms with E-state index in [-0.39, 0.29) is 37.5 Å². The van der Waals surface area contributed by atoms with Crippen LogP contribution < -0.4 is 0 Å².